The zero-order valence-electron chi connectivity index (χ0n) is 13.0. The monoisotopic (exact) mass is 305 g/mol. The maximum Gasteiger partial charge on any atom is 0.251 e. The number of amides is 1. The minimum absolute atomic E-state index is 0.437. The number of carbonyl (C=O) groups is 1. The average Bonchev–Trinajstić information content (AvgIpc) is 2.50. The second-order valence-corrected chi connectivity index (χ2v) is 5.45. The fourth-order valence-electron chi connectivity index (χ4n) is 2.05. The molecule has 126 valence electrons. The van der Waals surface area contributed by atoms with Crippen LogP contribution < -0.4 is 5.32 Å². The highest BCUT2D eigenvalue weighted by Gasteiger charge is 2.29. The lowest BCUT2D eigenvalue weighted by molar-refractivity contribution is -0.142. The number of aliphatic hydroxyl groups excluding tert-OH is 4. The van der Waals surface area contributed by atoms with Crippen LogP contribution in [0.15, 0.2) is 0 Å². The van der Waals surface area contributed by atoms with Crippen molar-refractivity contribution in [2.24, 2.45) is 0 Å². The molecule has 0 spiro atoms. The Hall–Kier alpha value is -0.690. The summed E-state index contributed by atoms with van der Waals surface area (Å²) in [6.45, 7) is 1.92. The van der Waals surface area contributed by atoms with Gasteiger partial charge in [-0.05, 0) is 6.42 Å². The third kappa shape index (κ3) is 9.79. The number of aliphatic hydroxyl groups is 4. The summed E-state index contributed by atoms with van der Waals surface area (Å²) in [5.74, 6) is -0.724. The summed E-state index contributed by atoms with van der Waals surface area (Å²) in [7, 11) is 0. The predicted molar refractivity (Wildman–Crippen MR) is 80.7 cm³/mol. The van der Waals surface area contributed by atoms with Crippen LogP contribution in [0.25, 0.3) is 0 Å². The standard InChI is InChI=1S/C15H31NO5/c1-2-3-4-5-6-7-8-9-10-16-15(21)14(20)13(19)12(18)11-17/h12-14,17-20H,2-11H2,1H3,(H,16,21). The van der Waals surface area contributed by atoms with Gasteiger partial charge in [0, 0.05) is 6.54 Å². The van der Waals surface area contributed by atoms with E-state index in [9.17, 15) is 15.0 Å². The van der Waals surface area contributed by atoms with E-state index >= 15 is 0 Å². The van der Waals surface area contributed by atoms with E-state index in [4.69, 9.17) is 10.2 Å². The smallest absolute Gasteiger partial charge is 0.251 e. The van der Waals surface area contributed by atoms with E-state index in [1.165, 1.54) is 32.1 Å². The van der Waals surface area contributed by atoms with Gasteiger partial charge in [-0.3, -0.25) is 4.79 Å². The molecule has 0 aliphatic rings. The quantitative estimate of drug-likeness (QED) is 0.315. The van der Waals surface area contributed by atoms with Crippen LogP contribution >= 0.6 is 0 Å². The van der Waals surface area contributed by atoms with Gasteiger partial charge in [0.25, 0.3) is 5.91 Å². The van der Waals surface area contributed by atoms with Crippen molar-refractivity contribution in [1.82, 2.24) is 5.32 Å². The molecule has 5 N–H and O–H groups in total. The van der Waals surface area contributed by atoms with E-state index in [1.807, 2.05) is 0 Å². The molecule has 0 fully saturated rings. The minimum Gasteiger partial charge on any atom is -0.394 e. The van der Waals surface area contributed by atoms with E-state index in [0.717, 1.165) is 19.3 Å². The molecule has 0 radical (unpaired) electrons. The van der Waals surface area contributed by atoms with Crippen molar-refractivity contribution in [2.45, 2.75) is 76.6 Å². The van der Waals surface area contributed by atoms with Crippen LogP contribution in [-0.4, -0.2) is 57.8 Å². The Labute approximate surface area is 127 Å². The molecule has 0 aliphatic carbocycles. The van der Waals surface area contributed by atoms with Crippen LogP contribution in [0.2, 0.25) is 0 Å². The molecule has 0 rings (SSSR count). The molecule has 6 nitrogen and oxygen atoms in total. The Kier molecular flexibility index (Phi) is 12.6. The van der Waals surface area contributed by atoms with Gasteiger partial charge in [0.05, 0.1) is 6.61 Å². The lowest BCUT2D eigenvalue weighted by atomic mass is 10.1. The summed E-state index contributed by atoms with van der Waals surface area (Å²) < 4.78 is 0. The maximum absolute atomic E-state index is 11.5. The van der Waals surface area contributed by atoms with E-state index in [-0.39, 0.29) is 0 Å². The second-order valence-electron chi connectivity index (χ2n) is 5.45. The number of unbranched alkanes of at least 4 members (excludes halogenated alkanes) is 7. The van der Waals surface area contributed by atoms with Gasteiger partial charge in [-0.1, -0.05) is 51.9 Å². The normalized spacial score (nSPS) is 15.5. The van der Waals surface area contributed by atoms with Gasteiger partial charge in [0.2, 0.25) is 0 Å². The van der Waals surface area contributed by atoms with Gasteiger partial charge >= 0.3 is 0 Å². The zero-order valence-corrected chi connectivity index (χ0v) is 13.0. The number of hydrogen-bond donors (Lipinski definition) is 5. The average molecular weight is 305 g/mol. The van der Waals surface area contributed by atoms with Gasteiger partial charge in [0.1, 0.15) is 12.2 Å². The molecule has 0 aromatic rings. The Bertz CT molecular complexity index is 262. The van der Waals surface area contributed by atoms with Crippen molar-refractivity contribution in [3.63, 3.8) is 0 Å². The summed E-state index contributed by atoms with van der Waals surface area (Å²) in [5.41, 5.74) is 0. The second kappa shape index (κ2) is 13.0. The first-order chi connectivity index (χ1) is 10.0. The van der Waals surface area contributed by atoms with Crippen LogP contribution in [0.5, 0.6) is 0 Å². The molecule has 0 heterocycles. The Morgan fingerprint density at radius 2 is 1.48 bits per heavy atom. The molecule has 1 amide bonds. The van der Waals surface area contributed by atoms with Gasteiger partial charge < -0.3 is 25.7 Å². The number of rotatable bonds is 13. The molecular weight excluding hydrogens is 274 g/mol. The first-order valence-electron chi connectivity index (χ1n) is 7.97. The molecule has 0 aromatic heterocycles. The van der Waals surface area contributed by atoms with E-state index in [0.29, 0.717) is 6.54 Å². The van der Waals surface area contributed by atoms with Crippen molar-refractivity contribution >= 4 is 5.91 Å². The van der Waals surface area contributed by atoms with Gasteiger partial charge in [-0.25, -0.2) is 0 Å². The molecule has 0 saturated carbocycles. The fourth-order valence-corrected chi connectivity index (χ4v) is 2.05. The van der Waals surface area contributed by atoms with Crippen molar-refractivity contribution in [3.05, 3.63) is 0 Å². The lowest BCUT2D eigenvalue weighted by Gasteiger charge is -2.20. The highest BCUT2D eigenvalue weighted by Crippen LogP contribution is 2.08. The van der Waals surface area contributed by atoms with Gasteiger partial charge in [0.15, 0.2) is 6.10 Å². The van der Waals surface area contributed by atoms with Gasteiger partial charge in [-0.15, -0.1) is 0 Å². The summed E-state index contributed by atoms with van der Waals surface area (Å²) in [6, 6.07) is 0. The Morgan fingerprint density at radius 1 is 0.952 bits per heavy atom. The summed E-state index contributed by atoms with van der Waals surface area (Å²) in [4.78, 5) is 11.5. The van der Waals surface area contributed by atoms with E-state index in [2.05, 4.69) is 12.2 Å². The third-order valence-corrected chi connectivity index (χ3v) is 3.50. The van der Waals surface area contributed by atoms with Crippen molar-refractivity contribution in [2.75, 3.05) is 13.2 Å². The van der Waals surface area contributed by atoms with Crippen LogP contribution in [0.1, 0.15) is 58.3 Å². The zero-order chi connectivity index (χ0) is 16.1. The van der Waals surface area contributed by atoms with Crippen LogP contribution in [0.4, 0.5) is 0 Å². The number of carbonyl (C=O) groups excluding carboxylic acids is 1. The van der Waals surface area contributed by atoms with Crippen molar-refractivity contribution in [1.29, 1.82) is 0 Å². The largest absolute Gasteiger partial charge is 0.394 e. The highest BCUT2D eigenvalue weighted by molar-refractivity contribution is 5.81. The molecule has 0 aliphatic heterocycles. The first kappa shape index (κ1) is 20.3. The first-order valence-corrected chi connectivity index (χ1v) is 7.97. The predicted octanol–water partition coefficient (Wildman–Crippen LogP) is 0.318. The highest BCUT2D eigenvalue weighted by atomic mass is 16.4. The molecular formula is C15H31NO5. The summed E-state index contributed by atoms with van der Waals surface area (Å²) in [5, 5.41) is 39.1. The summed E-state index contributed by atoms with van der Waals surface area (Å²) >= 11 is 0. The maximum atomic E-state index is 11.5. The molecule has 3 atom stereocenters. The SMILES string of the molecule is CCCCCCCCCCNC(=O)C(O)C(O)C(O)CO. The van der Waals surface area contributed by atoms with Crippen LogP contribution in [-0.2, 0) is 4.79 Å². The Morgan fingerprint density at radius 3 is 2.00 bits per heavy atom. The summed E-state index contributed by atoms with van der Waals surface area (Å²) in [6.07, 6.45) is 4.33. The molecule has 21 heavy (non-hydrogen) atoms. The Balaban J connectivity index is 3.57. The van der Waals surface area contributed by atoms with Crippen LogP contribution in [0.3, 0.4) is 0 Å². The lowest BCUT2D eigenvalue weighted by Crippen LogP contribution is -2.48. The topological polar surface area (TPSA) is 110 Å². The molecule has 6 heteroatoms. The fraction of sp³-hybridized carbons (Fsp3) is 0.933. The van der Waals surface area contributed by atoms with E-state index < -0.39 is 30.8 Å². The van der Waals surface area contributed by atoms with E-state index in [1.54, 1.807) is 0 Å². The molecule has 0 saturated heterocycles. The molecule has 0 bridgehead atoms. The van der Waals surface area contributed by atoms with Crippen LogP contribution in [0, 0.1) is 0 Å². The molecule has 0 aromatic carbocycles. The van der Waals surface area contributed by atoms with Crippen molar-refractivity contribution < 1.29 is 25.2 Å². The van der Waals surface area contributed by atoms with Crippen molar-refractivity contribution in [3.8, 4) is 0 Å². The number of nitrogens with one attached hydrogen (secondary N) is 1. The van der Waals surface area contributed by atoms with Gasteiger partial charge in [-0.2, -0.15) is 0 Å². The number of hydrogen-bond acceptors (Lipinski definition) is 5. The third-order valence-electron chi connectivity index (χ3n) is 3.50. The minimum atomic E-state index is -1.72. The molecule has 3 unspecified atom stereocenters.